The van der Waals surface area contributed by atoms with E-state index in [2.05, 4.69) is 41.6 Å². The quantitative estimate of drug-likeness (QED) is 0.707. The van der Waals surface area contributed by atoms with E-state index in [0.29, 0.717) is 5.69 Å². The molecule has 4 nitrogen and oxygen atoms in total. The largest absolute Gasteiger partial charge is 0.355 e. The fourth-order valence-corrected chi connectivity index (χ4v) is 2.64. The van der Waals surface area contributed by atoms with Crippen LogP contribution < -0.4 is 10.6 Å². The molecule has 0 fully saturated rings. The fourth-order valence-electron chi connectivity index (χ4n) is 2.64. The average Bonchev–Trinajstić information content (AvgIpc) is 2.60. The van der Waals surface area contributed by atoms with Crippen molar-refractivity contribution in [1.82, 2.24) is 4.98 Å². The van der Waals surface area contributed by atoms with Gasteiger partial charge in [0.15, 0.2) is 0 Å². The third kappa shape index (κ3) is 4.04. The van der Waals surface area contributed by atoms with Gasteiger partial charge in [0.05, 0.1) is 0 Å². The van der Waals surface area contributed by atoms with Crippen LogP contribution in [0.25, 0.3) is 0 Å². The van der Waals surface area contributed by atoms with Crippen molar-refractivity contribution in [2.45, 2.75) is 20.8 Å². The first-order valence-electron chi connectivity index (χ1n) is 8.20. The zero-order chi connectivity index (χ0) is 17.8. The van der Waals surface area contributed by atoms with Gasteiger partial charge in [-0.15, -0.1) is 0 Å². The van der Waals surface area contributed by atoms with Gasteiger partial charge in [0.25, 0.3) is 5.91 Å². The summed E-state index contributed by atoms with van der Waals surface area (Å²) >= 11 is 0. The molecule has 0 saturated carbocycles. The van der Waals surface area contributed by atoms with Gasteiger partial charge >= 0.3 is 0 Å². The molecule has 3 rings (SSSR count). The van der Waals surface area contributed by atoms with E-state index in [1.807, 2.05) is 43.3 Å². The minimum Gasteiger partial charge on any atom is -0.355 e. The predicted molar refractivity (Wildman–Crippen MR) is 103 cm³/mol. The van der Waals surface area contributed by atoms with Crippen molar-refractivity contribution >= 4 is 23.0 Å². The Hall–Kier alpha value is -3.14. The summed E-state index contributed by atoms with van der Waals surface area (Å²) in [6.07, 6.45) is 1.64. The van der Waals surface area contributed by atoms with E-state index in [0.717, 1.165) is 28.2 Å². The molecule has 2 aromatic carbocycles. The first kappa shape index (κ1) is 16.7. The van der Waals surface area contributed by atoms with Crippen LogP contribution in [0.3, 0.4) is 0 Å². The van der Waals surface area contributed by atoms with E-state index in [4.69, 9.17) is 0 Å². The summed E-state index contributed by atoms with van der Waals surface area (Å²) in [6.45, 7) is 6.08. The molecule has 0 atom stereocenters. The van der Waals surface area contributed by atoms with E-state index >= 15 is 0 Å². The van der Waals surface area contributed by atoms with Crippen molar-refractivity contribution in [3.63, 3.8) is 0 Å². The van der Waals surface area contributed by atoms with Crippen molar-refractivity contribution in [1.29, 1.82) is 0 Å². The Kier molecular flexibility index (Phi) is 4.80. The van der Waals surface area contributed by atoms with E-state index in [9.17, 15) is 4.79 Å². The van der Waals surface area contributed by atoms with Crippen molar-refractivity contribution in [2.75, 3.05) is 10.6 Å². The maximum Gasteiger partial charge on any atom is 0.274 e. The molecule has 126 valence electrons. The highest BCUT2D eigenvalue weighted by molar-refractivity contribution is 6.03. The molecule has 0 spiro atoms. The number of nitrogens with one attached hydrogen (secondary N) is 2. The molecular formula is C21H21N3O. The molecule has 0 aliphatic carbocycles. The molecular weight excluding hydrogens is 310 g/mol. The second kappa shape index (κ2) is 7.18. The van der Waals surface area contributed by atoms with Gasteiger partial charge in [0, 0.05) is 23.3 Å². The van der Waals surface area contributed by atoms with Crippen LogP contribution in [-0.4, -0.2) is 10.9 Å². The number of aryl methyl sites for hydroxylation is 3. The van der Waals surface area contributed by atoms with Crippen LogP contribution in [-0.2, 0) is 0 Å². The summed E-state index contributed by atoms with van der Waals surface area (Å²) in [5.74, 6) is -0.224. The minimum atomic E-state index is -0.224. The van der Waals surface area contributed by atoms with Gasteiger partial charge in [-0.1, -0.05) is 35.9 Å². The van der Waals surface area contributed by atoms with Crippen molar-refractivity contribution in [3.8, 4) is 0 Å². The predicted octanol–water partition coefficient (Wildman–Crippen LogP) is 5.00. The van der Waals surface area contributed by atoms with Crippen molar-refractivity contribution in [3.05, 3.63) is 83.2 Å². The van der Waals surface area contributed by atoms with Crippen LogP contribution >= 0.6 is 0 Å². The molecule has 4 heteroatoms. The molecule has 0 aliphatic heterocycles. The summed E-state index contributed by atoms with van der Waals surface area (Å²) in [5, 5.41) is 6.26. The lowest BCUT2D eigenvalue weighted by molar-refractivity contribution is 0.102. The number of para-hydroxylation sites is 1. The molecule has 0 unspecified atom stereocenters. The first-order valence-corrected chi connectivity index (χ1v) is 8.20. The number of rotatable bonds is 4. The highest BCUT2D eigenvalue weighted by atomic mass is 16.1. The smallest absolute Gasteiger partial charge is 0.274 e. The number of carbonyl (C=O) groups excluding carboxylic acids is 1. The Morgan fingerprint density at radius 3 is 2.44 bits per heavy atom. The monoisotopic (exact) mass is 331 g/mol. The van der Waals surface area contributed by atoms with Crippen LogP contribution in [0, 0.1) is 20.8 Å². The number of anilines is 3. The standard InChI is InChI=1S/C21H21N3O/c1-14-8-9-19(16(3)12-14)23-17-10-11-22-20(13-17)21(25)24-18-7-5-4-6-15(18)2/h4-13H,1-3H3,(H,22,23)(H,24,25). The van der Waals surface area contributed by atoms with E-state index in [1.165, 1.54) is 5.56 Å². The first-order chi connectivity index (χ1) is 12.0. The summed E-state index contributed by atoms with van der Waals surface area (Å²) < 4.78 is 0. The number of carbonyl (C=O) groups is 1. The SMILES string of the molecule is Cc1ccc(Nc2ccnc(C(=O)Nc3ccccc3C)c2)c(C)c1. The molecule has 1 heterocycles. The van der Waals surface area contributed by atoms with Crippen LogP contribution in [0.5, 0.6) is 0 Å². The molecule has 1 amide bonds. The number of amides is 1. The third-order valence-electron chi connectivity index (χ3n) is 4.05. The van der Waals surface area contributed by atoms with E-state index < -0.39 is 0 Å². The summed E-state index contributed by atoms with van der Waals surface area (Å²) in [7, 11) is 0. The highest BCUT2D eigenvalue weighted by Crippen LogP contribution is 2.22. The number of hydrogen-bond donors (Lipinski definition) is 2. The molecule has 3 aromatic rings. The van der Waals surface area contributed by atoms with Gasteiger partial charge in [-0.05, 0) is 56.2 Å². The number of benzene rings is 2. The van der Waals surface area contributed by atoms with Gasteiger partial charge in [-0.2, -0.15) is 0 Å². The lowest BCUT2D eigenvalue weighted by Crippen LogP contribution is -2.14. The summed E-state index contributed by atoms with van der Waals surface area (Å²) in [6, 6.07) is 17.5. The van der Waals surface area contributed by atoms with Crippen LogP contribution in [0.2, 0.25) is 0 Å². The normalized spacial score (nSPS) is 10.4. The van der Waals surface area contributed by atoms with Gasteiger partial charge < -0.3 is 10.6 Å². The Labute approximate surface area is 147 Å². The number of pyridine rings is 1. The Morgan fingerprint density at radius 1 is 0.880 bits per heavy atom. The van der Waals surface area contributed by atoms with Gasteiger partial charge in [-0.25, -0.2) is 0 Å². The van der Waals surface area contributed by atoms with Gasteiger partial charge in [0.2, 0.25) is 0 Å². The topological polar surface area (TPSA) is 54.0 Å². The number of nitrogens with zero attached hydrogens (tertiary/aromatic N) is 1. The van der Waals surface area contributed by atoms with Crippen molar-refractivity contribution in [2.24, 2.45) is 0 Å². The third-order valence-corrected chi connectivity index (χ3v) is 4.05. The zero-order valence-electron chi connectivity index (χ0n) is 14.6. The molecule has 0 saturated heterocycles. The number of hydrogen-bond acceptors (Lipinski definition) is 3. The maximum atomic E-state index is 12.5. The lowest BCUT2D eigenvalue weighted by Gasteiger charge is -2.12. The minimum absolute atomic E-state index is 0.224. The second-order valence-electron chi connectivity index (χ2n) is 6.14. The Morgan fingerprint density at radius 2 is 1.68 bits per heavy atom. The summed E-state index contributed by atoms with van der Waals surface area (Å²) in [5.41, 5.74) is 6.40. The van der Waals surface area contributed by atoms with Gasteiger partial charge in [0.1, 0.15) is 5.69 Å². The zero-order valence-corrected chi connectivity index (χ0v) is 14.6. The van der Waals surface area contributed by atoms with E-state index in [1.54, 1.807) is 12.3 Å². The second-order valence-corrected chi connectivity index (χ2v) is 6.14. The Bertz CT molecular complexity index is 919. The fraction of sp³-hybridized carbons (Fsp3) is 0.143. The number of aromatic nitrogens is 1. The lowest BCUT2D eigenvalue weighted by atomic mass is 10.1. The van der Waals surface area contributed by atoms with E-state index in [-0.39, 0.29) is 5.91 Å². The molecule has 1 aromatic heterocycles. The molecule has 0 radical (unpaired) electrons. The van der Waals surface area contributed by atoms with Gasteiger partial charge in [-0.3, -0.25) is 9.78 Å². The molecule has 0 aliphatic rings. The van der Waals surface area contributed by atoms with Crippen LogP contribution in [0.15, 0.2) is 60.8 Å². The Balaban J connectivity index is 1.79. The highest BCUT2D eigenvalue weighted by Gasteiger charge is 2.10. The van der Waals surface area contributed by atoms with Crippen molar-refractivity contribution < 1.29 is 4.79 Å². The average molecular weight is 331 g/mol. The molecule has 0 bridgehead atoms. The van der Waals surface area contributed by atoms with Crippen LogP contribution in [0.4, 0.5) is 17.1 Å². The summed E-state index contributed by atoms with van der Waals surface area (Å²) in [4.78, 5) is 16.7. The molecule has 25 heavy (non-hydrogen) atoms. The van der Waals surface area contributed by atoms with Crippen LogP contribution in [0.1, 0.15) is 27.2 Å². The molecule has 2 N–H and O–H groups in total. The maximum absolute atomic E-state index is 12.5.